The van der Waals surface area contributed by atoms with Crippen molar-refractivity contribution >= 4 is 15.9 Å². The molecule has 0 saturated carbocycles. The van der Waals surface area contributed by atoms with Gasteiger partial charge in [-0.1, -0.05) is 0 Å². The number of methoxy groups -OCH3 is 1. The molecule has 0 aliphatic rings. The van der Waals surface area contributed by atoms with Gasteiger partial charge in [-0.05, 0) is 47.1 Å². The Bertz CT molecular complexity index is 525. The van der Waals surface area contributed by atoms with Gasteiger partial charge in [0.05, 0.1) is 17.8 Å². The van der Waals surface area contributed by atoms with Gasteiger partial charge in [-0.2, -0.15) is 0 Å². The van der Waals surface area contributed by atoms with Crippen LogP contribution in [0.4, 0.5) is 0 Å². The summed E-state index contributed by atoms with van der Waals surface area (Å²) in [5.41, 5.74) is 6.42. The minimum Gasteiger partial charge on any atom is -0.496 e. The molecule has 0 saturated heterocycles. The lowest BCUT2D eigenvalue weighted by molar-refractivity contribution is 0.412. The van der Waals surface area contributed by atoms with Gasteiger partial charge < -0.3 is 14.9 Å². The SMILES string of the molecule is COc1ccc(-c2cnc(CCCN)o2)cc1Br. The van der Waals surface area contributed by atoms with E-state index in [0.717, 1.165) is 40.3 Å². The Morgan fingerprint density at radius 1 is 1.44 bits per heavy atom. The number of nitrogens with two attached hydrogens (primary N) is 1. The molecule has 0 fully saturated rings. The van der Waals surface area contributed by atoms with Crippen molar-refractivity contribution in [2.75, 3.05) is 13.7 Å². The lowest BCUT2D eigenvalue weighted by Gasteiger charge is -2.04. The van der Waals surface area contributed by atoms with Crippen LogP contribution in [0, 0.1) is 0 Å². The summed E-state index contributed by atoms with van der Waals surface area (Å²) in [5, 5.41) is 0. The van der Waals surface area contributed by atoms with E-state index >= 15 is 0 Å². The van der Waals surface area contributed by atoms with E-state index in [0.29, 0.717) is 6.54 Å². The number of aryl methyl sites for hydroxylation is 1. The number of halogens is 1. The van der Waals surface area contributed by atoms with Crippen LogP contribution in [0.15, 0.2) is 33.3 Å². The summed E-state index contributed by atoms with van der Waals surface area (Å²) in [7, 11) is 1.64. The molecule has 0 atom stereocenters. The van der Waals surface area contributed by atoms with E-state index in [1.165, 1.54) is 0 Å². The molecule has 5 heteroatoms. The van der Waals surface area contributed by atoms with E-state index in [1.54, 1.807) is 13.3 Å². The van der Waals surface area contributed by atoms with Gasteiger partial charge >= 0.3 is 0 Å². The number of hydrogen-bond donors (Lipinski definition) is 1. The average Bonchev–Trinajstić information content (AvgIpc) is 2.85. The molecule has 4 nitrogen and oxygen atoms in total. The third-order valence-electron chi connectivity index (χ3n) is 2.58. The molecule has 0 unspecified atom stereocenters. The van der Waals surface area contributed by atoms with E-state index in [1.807, 2.05) is 18.2 Å². The minimum absolute atomic E-state index is 0.645. The Labute approximate surface area is 114 Å². The monoisotopic (exact) mass is 310 g/mol. The van der Waals surface area contributed by atoms with Crippen molar-refractivity contribution in [1.29, 1.82) is 0 Å². The Kier molecular flexibility index (Phi) is 4.38. The van der Waals surface area contributed by atoms with Gasteiger partial charge in [-0.3, -0.25) is 0 Å². The van der Waals surface area contributed by atoms with E-state index in [9.17, 15) is 0 Å². The van der Waals surface area contributed by atoms with E-state index < -0.39 is 0 Å². The minimum atomic E-state index is 0.645. The van der Waals surface area contributed by atoms with Crippen LogP contribution in [0.3, 0.4) is 0 Å². The number of rotatable bonds is 5. The molecule has 0 bridgehead atoms. The Morgan fingerprint density at radius 2 is 2.28 bits per heavy atom. The zero-order valence-electron chi connectivity index (χ0n) is 10.1. The second-order valence-corrected chi connectivity index (χ2v) is 4.71. The predicted molar refractivity (Wildman–Crippen MR) is 73.6 cm³/mol. The molecule has 1 aromatic heterocycles. The van der Waals surface area contributed by atoms with Crippen molar-refractivity contribution in [3.05, 3.63) is 34.8 Å². The molecule has 2 aromatic rings. The number of ether oxygens (including phenoxy) is 1. The third kappa shape index (κ3) is 2.91. The molecule has 1 heterocycles. The van der Waals surface area contributed by atoms with Crippen LogP contribution in [-0.2, 0) is 6.42 Å². The summed E-state index contributed by atoms with van der Waals surface area (Å²) in [5.74, 6) is 2.27. The molecule has 0 aliphatic heterocycles. The van der Waals surface area contributed by atoms with Crippen molar-refractivity contribution < 1.29 is 9.15 Å². The summed E-state index contributed by atoms with van der Waals surface area (Å²) < 4.78 is 11.8. The van der Waals surface area contributed by atoms with Crippen LogP contribution in [0.5, 0.6) is 5.75 Å². The standard InChI is InChI=1S/C13H15BrN2O2/c1-17-11-5-4-9(7-10(11)14)12-8-16-13(18-12)3-2-6-15/h4-5,7-8H,2-3,6,15H2,1H3. The van der Waals surface area contributed by atoms with Crippen LogP contribution >= 0.6 is 15.9 Å². The van der Waals surface area contributed by atoms with Gasteiger partial charge in [-0.15, -0.1) is 0 Å². The van der Waals surface area contributed by atoms with Crippen LogP contribution in [0.25, 0.3) is 11.3 Å². The lowest BCUT2D eigenvalue weighted by Crippen LogP contribution is -2.00. The molecule has 0 amide bonds. The second kappa shape index (κ2) is 6.02. The number of nitrogens with zero attached hydrogens (tertiary/aromatic N) is 1. The highest BCUT2D eigenvalue weighted by atomic mass is 79.9. The first-order chi connectivity index (χ1) is 8.74. The van der Waals surface area contributed by atoms with Gasteiger partial charge in [-0.25, -0.2) is 4.98 Å². The van der Waals surface area contributed by atoms with Crippen molar-refractivity contribution in [3.63, 3.8) is 0 Å². The number of hydrogen-bond acceptors (Lipinski definition) is 4. The molecule has 0 radical (unpaired) electrons. The van der Waals surface area contributed by atoms with Crippen molar-refractivity contribution in [1.82, 2.24) is 4.98 Å². The Balaban J connectivity index is 2.20. The van der Waals surface area contributed by atoms with Crippen LogP contribution in [0.2, 0.25) is 0 Å². The van der Waals surface area contributed by atoms with E-state index in [4.69, 9.17) is 14.9 Å². The van der Waals surface area contributed by atoms with Crippen molar-refractivity contribution in [2.45, 2.75) is 12.8 Å². The predicted octanol–water partition coefficient (Wildman–Crippen LogP) is 3.00. The Morgan fingerprint density at radius 3 is 2.94 bits per heavy atom. The summed E-state index contributed by atoms with van der Waals surface area (Å²) in [4.78, 5) is 4.23. The molecule has 18 heavy (non-hydrogen) atoms. The highest BCUT2D eigenvalue weighted by Gasteiger charge is 2.08. The average molecular weight is 311 g/mol. The summed E-state index contributed by atoms with van der Waals surface area (Å²) in [6, 6.07) is 5.78. The summed E-state index contributed by atoms with van der Waals surface area (Å²) in [6.07, 6.45) is 3.39. The van der Waals surface area contributed by atoms with E-state index in [-0.39, 0.29) is 0 Å². The first-order valence-electron chi connectivity index (χ1n) is 5.73. The Hall–Kier alpha value is -1.33. The second-order valence-electron chi connectivity index (χ2n) is 3.86. The molecule has 1 aromatic carbocycles. The molecule has 2 N–H and O–H groups in total. The maximum atomic E-state index is 5.67. The van der Waals surface area contributed by atoms with Crippen molar-refractivity contribution in [3.8, 4) is 17.1 Å². The fourth-order valence-corrected chi connectivity index (χ4v) is 2.17. The molecule has 0 spiro atoms. The smallest absolute Gasteiger partial charge is 0.194 e. The van der Waals surface area contributed by atoms with E-state index in [2.05, 4.69) is 20.9 Å². The quantitative estimate of drug-likeness (QED) is 0.922. The topological polar surface area (TPSA) is 61.3 Å². The van der Waals surface area contributed by atoms with Gasteiger partial charge in [0.25, 0.3) is 0 Å². The van der Waals surface area contributed by atoms with Crippen LogP contribution < -0.4 is 10.5 Å². The zero-order chi connectivity index (χ0) is 13.0. The highest BCUT2D eigenvalue weighted by Crippen LogP contribution is 2.30. The maximum Gasteiger partial charge on any atom is 0.194 e. The fourth-order valence-electron chi connectivity index (χ4n) is 1.63. The number of benzene rings is 1. The number of oxazole rings is 1. The summed E-state index contributed by atoms with van der Waals surface area (Å²) >= 11 is 3.45. The van der Waals surface area contributed by atoms with Crippen molar-refractivity contribution in [2.24, 2.45) is 5.73 Å². The molecular formula is C13H15BrN2O2. The highest BCUT2D eigenvalue weighted by molar-refractivity contribution is 9.10. The van der Waals surface area contributed by atoms with Gasteiger partial charge in [0.1, 0.15) is 5.75 Å². The fraction of sp³-hybridized carbons (Fsp3) is 0.308. The number of aromatic nitrogens is 1. The lowest BCUT2D eigenvalue weighted by atomic mass is 10.2. The van der Waals surface area contributed by atoms with Gasteiger partial charge in [0, 0.05) is 12.0 Å². The van der Waals surface area contributed by atoms with Gasteiger partial charge in [0.15, 0.2) is 11.7 Å². The van der Waals surface area contributed by atoms with Crippen LogP contribution in [0.1, 0.15) is 12.3 Å². The molecule has 0 aliphatic carbocycles. The van der Waals surface area contributed by atoms with Gasteiger partial charge in [0.2, 0.25) is 0 Å². The third-order valence-corrected chi connectivity index (χ3v) is 3.20. The first kappa shape index (κ1) is 13.1. The summed E-state index contributed by atoms with van der Waals surface area (Å²) in [6.45, 7) is 0.645. The van der Waals surface area contributed by atoms with Crippen LogP contribution in [-0.4, -0.2) is 18.6 Å². The molecule has 96 valence electrons. The first-order valence-corrected chi connectivity index (χ1v) is 6.52. The normalized spacial score (nSPS) is 10.6. The largest absolute Gasteiger partial charge is 0.496 e. The molecule has 2 rings (SSSR count). The molecular weight excluding hydrogens is 296 g/mol. The maximum absolute atomic E-state index is 5.67. The zero-order valence-corrected chi connectivity index (χ0v) is 11.7.